The first-order chi connectivity index (χ1) is 8.31. The maximum atomic E-state index is 6.16. The Kier molecular flexibility index (Phi) is 5.01. The molecule has 1 saturated carbocycles. The lowest BCUT2D eigenvalue weighted by molar-refractivity contribution is -0.0520. The van der Waals surface area contributed by atoms with Crippen molar-refractivity contribution in [3.8, 4) is 0 Å². The molecule has 0 spiro atoms. The van der Waals surface area contributed by atoms with Crippen LogP contribution in [0.1, 0.15) is 37.9 Å². The van der Waals surface area contributed by atoms with Crippen molar-refractivity contribution in [1.29, 1.82) is 0 Å². The van der Waals surface area contributed by atoms with Crippen LogP contribution < -0.4 is 5.32 Å². The average Bonchev–Trinajstić information content (AvgIpc) is 2.28. The first kappa shape index (κ1) is 13.1. The van der Waals surface area contributed by atoms with Crippen molar-refractivity contribution in [3.05, 3.63) is 34.3 Å². The second kappa shape index (κ2) is 6.53. The van der Waals surface area contributed by atoms with Gasteiger partial charge in [0.25, 0.3) is 0 Å². The maximum Gasteiger partial charge on any atom is 0.0963 e. The summed E-state index contributed by atoms with van der Waals surface area (Å²) in [7, 11) is 0. The minimum Gasteiger partial charge on any atom is -0.369 e. The van der Waals surface area contributed by atoms with Crippen LogP contribution in [0.4, 0.5) is 0 Å². The van der Waals surface area contributed by atoms with E-state index in [2.05, 4.69) is 46.4 Å². The van der Waals surface area contributed by atoms with Crippen LogP contribution in [-0.4, -0.2) is 19.2 Å². The molecule has 0 radical (unpaired) electrons. The summed E-state index contributed by atoms with van der Waals surface area (Å²) < 4.78 is 7.30. The van der Waals surface area contributed by atoms with Gasteiger partial charge in [-0.25, -0.2) is 0 Å². The largest absolute Gasteiger partial charge is 0.369 e. The molecule has 2 nitrogen and oxygen atoms in total. The summed E-state index contributed by atoms with van der Waals surface area (Å²) in [6.45, 7) is 3.99. The molecule has 0 aromatic heterocycles. The van der Waals surface area contributed by atoms with Crippen LogP contribution in [0.2, 0.25) is 0 Å². The third-order valence-corrected chi connectivity index (χ3v) is 3.96. The second-order valence-electron chi connectivity index (χ2n) is 4.51. The second-order valence-corrected chi connectivity index (χ2v) is 5.36. The molecule has 1 fully saturated rings. The highest BCUT2D eigenvalue weighted by Gasteiger charge is 2.24. The Labute approximate surface area is 112 Å². The van der Waals surface area contributed by atoms with Gasteiger partial charge in [0.15, 0.2) is 0 Å². The minimum atomic E-state index is 0.163. The van der Waals surface area contributed by atoms with Crippen molar-refractivity contribution in [3.63, 3.8) is 0 Å². The molecule has 0 amide bonds. The number of hydrogen-bond acceptors (Lipinski definition) is 2. The van der Waals surface area contributed by atoms with Gasteiger partial charge in [0.2, 0.25) is 0 Å². The lowest BCUT2D eigenvalue weighted by atomic mass is 9.95. The topological polar surface area (TPSA) is 21.3 Å². The first-order valence-corrected chi connectivity index (χ1v) is 7.21. The standard InChI is InChI=1S/C14H20BrNO/c1-2-16-10-14(17-11-6-5-7-11)12-8-3-4-9-13(12)15/h3-4,8-9,11,14,16H,2,5-7,10H2,1H3. The quantitative estimate of drug-likeness (QED) is 0.865. The Morgan fingerprint density at radius 3 is 2.76 bits per heavy atom. The fourth-order valence-corrected chi connectivity index (χ4v) is 2.52. The predicted molar refractivity (Wildman–Crippen MR) is 74.2 cm³/mol. The van der Waals surface area contributed by atoms with Gasteiger partial charge in [-0.1, -0.05) is 41.1 Å². The van der Waals surface area contributed by atoms with Gasteiger partial charge in [0.1, 0.15) is 0 Å². The first-order valence-electron chi connectivity index (χ1n) is 6.42. The summed E-state index contributed by atoms with van der Waals surface area (Å²) in [4.78, 5) is 0. The van der Waals surface area contributed by atoms with E-state index in [1.165, 1.54) is 24.8 Å². The van der Waals surface area contributed by atoms with Crippen LogP contribution in [0.5, 0.6) is 0 Å². The molecule has 2 rings (SSSR count). The highest BCUT2D eigenvalue weighted by atomic mass is 79.9. The molecule has 0 aliphatic heterocycles. The molecule has 17 heavy (non-hydrogen) atoms. The van der Waals surface area contributed by atoms with Gasteiger partial charge in [0.05, 0.1) is 12.2 Å². The predicted octanol–water partition coefficient (Wildman–Crippen LogP) is 3.67. The fourth-order valence-electron chi connectivity index (χ4n) is 1.98. The Bertz CT molecular complexity index is 352. The van der Waals surface area contributed by atoms with Crippen molar-refractivity contribution in [1.82, 2.24) is 5.32 Å². The van der Waals surface area contributed by atoms with Gasteiger partial charge >= 0.3 is 0 Å². The molecule has 1 aromatic rings. The van der Waals surface area contributed by atoms with Gasteiger partial charge in [-0.15, -0.1) is 0 Å². The van der Waals surface area contributed by atoms with E-state index in [0.717, 1.165) is 17.6 Å². The summed E-state index contributed by atoms with van der Waals surface area (Å²) in [5.41, 5.74) is 1.25. The Morgan fingerprint density at radius 1 is 1.41 bits per heavy atom. The van der Waals surface area contributed by atoms with Crippen molar-refractivity contribution in [2.45, 2.75) is 38.4 Å². The molecule has 94 valence electrons. The Hall–Kier alpha value is -0.380. The minimum absolute atomic E-state index is 0.163. The van der Waals surface area contributed by atoms with Crippen molar-refractivity contribution in [2.75, 3.05) is 13.1 Å². The average molecular weight is 298 g/mol. The van der Waals surface area contributed by atoms with Gasteiger partial charge < -0.3 is 10.1 Å². The van der Waals surface area contributed by atoms with E-state index in [1.54, 1.807) is 0 Å². The lowest BCUT2D eigenvalue weighted by Crippen LogP contribution is -2.30. The highest BCUT2D eigenvalue weighted by Crippen LogP contribution is 2.31. The summed E-state index contributed by atoms with van der Waals surface area (Å²) in [6, 6.07) is 8.34. The molecule has 0 bridgehead atoms. The third-order valence-electron chi connectivity index (χ3n) is 3.24. The number of likely N-dealkylation sites (N-methyl/N-ethyl adjacent to an activating group) is 1. The summed E-state index contributed by atoms with van der Waals surface area (Å²) in [5.74, 6) is 0. The molecule has 1 aromatic carbocycles. The zero-order valence-electron chi connectivity index (χ0n) is 10.3. The number of nitrogens with one attached hydrogen (secondary N) is 1. The Balaban J connectivity index is 2.05. The van der Waals surface area contributed by atoms with E-state index in [1.807, 2.05) is 6.07 Å². The van der Waals surface area contributed by atoms with E-state index < -0.39 is 0 Å². The zero-order chi connectivity index (χ0) is 12.1. The number of rotatable bonds is 6. The highest BCUT2D eigenvalue weighted by molar-refractivity contribution is 9.10. The molecule has 0 heterocycles. The normalized spacial score (nSPS) is 17.8. The van der Waals surface area contributed by atoms with E-state index in [4.69, 9.17) is 4.74 Å². The maximum absolute atomic E-state index is 6.16. The molecule has 0 saturated heterocycles. The smallest absolute Gasteiger partial charge is 0.0963 e. The van der Waals surface area contributed by atoms with E-state index in [0.29, 0.717) is 6.10 Å². The van der Waals surface area contributed by atoms with Crippen LogP contribution in [-0.2, 0) is 4.74 Å². The van der Waals surface area contributed by atoms with E-state index in [-0.39, 0.29) is 6.10 Å². The van der Waals surface area contributed by atoms with E-state index in [9.17, 15) is 0 Å². The van der Waals surface area contributed by atoms with Crippen molar-refractivity contribution >= 4 is 15.9 Å². The van der Waals surface area contributed by atoms with Gasteiger partial charge in [0, 0.05) is 11.0 Å². The SMILES string of the molecule is CCNCC(OC1CCC1)c1ccccc1Br. The number of benzene rings is 1. The van der Waals surface area contributed by atoms with Crippen LogP contribution >= 0.6 is 15.9 Å². The van der Waals surface area contributed by atoms with Crippen molar-refractivity contribution in [2.24, 2.45) is 0 Å². The molecular weight excluding hydrogens is 278 g/mol. The number of ether oxygens (including phenoxy) is 1. The summed E-state index contributed by atoms with van der Waals surface area (Å²) in [5, 5.41) is 3.38. The third kappa shape index (κ3) is 3.54. The van der Waals surface area contributed by atoms with Gasteiger partial charge in [-0.3, -0.25) is 0 Å². The lowest BCUT2D eigenvalue weighted by Gasteiger charge is -2.31. The monoisotopic (exact) mass is 297 g/mol. The van der Waals surface area contributed by atoms with Crippen LogP contribution in [0.25, 0.3) is 0 Å². The molecule has 1 aliphatic rings. The zero-order valence-corrected chi connectivity index (χ0v) is 11.9. The van der Waals surface area contributed by atoms with Gasteiger partial charge in [-0.2, -0.15) is 0 Å². The summed E-state index contributed by atoms with van der Waals surface area (Å²) >= 11 is 3.61. The molecule has 1 N–H and O–H groups in total. The molecule has 1 unspecified atom stereocenters. The Morgan fingerprint density at radius 2 is 2.18 bits per heavy atom. The molecule has 3 heteroatoms. The molecule has 1 aliphatic carbocycles. The molecule has 1 atom stereocenters. The van der Waals surface area contributed by atoms with Crippen LogP contribution in [0.3, 0.4) is 0 Å². The van der Waals surface area contributed by atoms with E-state index >= 15 is 0 Å². The fraction of sp³-hybridized carbons (Fsp3) is 0.571. The van der Waals surface area contributed by atoms with Gasteiger partial charge in [-0.05, 0) is 37.4 Å². The number of halogens is 1. The number of hydrogen-bond donors (Lipinski definition) is 1. The van der Waals surface area contributed by atoms with Crippen LogP contribution in [0.15, 0.2) is 28.7 Å². The van der Waals surface area contributed by atoms with Crippen LogP contribution in [0, 0.1) is 0 Å². The molecular formula is C14H20BrNO. The summed E-state index contributed by atoms with van der Waals surface area (Å²) in [6.07, 6.45) is 4.37. The van der Waals surface area contributed by atoms with Crippen molar-refractivity contribution < 1.29 is 4.74 Å².